The van der Waals surface area contributed by atoms with Crippen molar-refractivity contribution in [2.75, 3.05) is 7.11 Å². The van der Waals surface area contributed by atoms with Crippen LogP contribution < -0.4 is 10.2 Å². The maximum Gasteiger partial charge on any atom is 0.271 e. The molecule has 0 bridgehead atoms. The molecule has 0 saturated carbocycles. The summed E-state index contributed by atoms with van der Waals surface area (Å²) in [5.41, 5.74) is 5.35. The summed E-state index contributed by atoms with van der Waals surface area (Å²) in [6, 6.07) is 15.1. The molecule has 0 heterocycles. The number of unbranched alkanes of at least 4 members (excludes halogenated alkanes) is 1. The van der Waals surface area contributed by atoms with E-state index in [4.69, 9.17) is 4.74 Å². The second-order valence-electron chi connectivity index (χ2n) is 5.27. The number of ether oxygens (including phenoxy) is 1. The molecule has 2 aromatic rings. The monoisotopic (exact) mass is 310 g/mol. The second-order valence-corrected chi connectivity index (χ2v) is 5.27. The zero-order valence-corrected chi connectivity index (χ0v) is 13.6. The predicted molar refractivity (Wildman–Crippen MR) is 93.1 cm³/mol. The van der Waals surface area contributed by atoms with Gasteiger partial charge in [0, 0.05) is 5.56 Å². The van der Waals surface area contributed by atoms with Gasteiger partial charge in [0.15, 0.2) is 0 Å². The van der Waals surface area contributed by atoms with E-state index in [0.29, 0.717) is 11.3 Å². The fourth-order valence-corrected chi connectivity index (χ4v) is 2.12. The van der Waals surface area contributed by atoms with Crippen molar-refractivity contribution in [3.8, 4) is 5.75 Å². The van der Waals surface area contributed by atoms with Crippen LogP contribution >= 0.6 is 0 Å². The summed E-state index contributed by atoms with van der Waals surface area (Å²) < 4.78 is 5.06. The van der Waals surface area contributed by atoms with Crippen LogP contribution in [0.1, 0.15) is 41.3 Å². The van der Waals surface area contributed by atoms with Crippen molar-refractivity contribution in [3.63, 3.8) is 0 Å². The lowest BCUT2D eigenvalue weighted by Gasteiger charge is -2.02. The summed E-state index contributed by atoms with van der Waals surface area (Å²) in [5, 5.41) is 4.00. The highest BCUT2D eigenvalue weighted by molar-refractivity contribution is 5.94. The highest BCUT2D eigenvalue weighted by Gasteiger charge is 2.03. The number of aryl methyl sites for hydroxylation is 1. The minimum Gasteiger partial charge on any atom is -0.497 e. The number of carbonyl (C=O) groups is 1. The molecule has 0 spiro atoms. The first-order valence-corrected chi connectivity index (χ1v) is 7.79. The SMILES string of the molecule is CCCCc1ccc(C=NNC(=O)c2ccc(OC)cc2)cc1. The lowest BCUT2D eigenvalue weighted by molar-refractivity contribution is 0.0955. The molecule has 0 aliphatic heterocycles. The molecule has 0 fully saturated rings. The van der Waals surface area contributed by atoms with Gasteiger partial charge in [-0.15, -0.1) is 0 Å². The van der Waals surface area contributed by atoms with E-state index in [9.17, 15) is 4.79 Å². The summed E-state index contributed by atoms with van der Waals surface area (Å²) >= 11 is 0. The Morgan fingerprint density at radius 1 is 1.13 bits per heavy atom. The van der Waals surface area contributed by atoms with Gasteiger partial charge in [-0.05, 0) is 48.2 Å². The average molecular weight is 310 g/mol. The van der Waals surface area contributed by atoms with Crippen LogP contribution in [0.15, 0.2) is 53.6 Å². The maximum absolute atomic E-state index is 11.9. The van der Waals surface area contributed by atoms with Gasteiger partial charge in [0.2, 0.25) is 0 Å². The van der Waals surface area contributed by atoms with Crippen molar-refractivity contribution < 1.29 is 9.53 Å². The van der Waals surface area contributed by atoms with E-state index >= 15 is 0 Å². The van der Waals surface area contributed by atoms with Crippen LogP contribution in [0.2, 0.25) is 0 Å². The van der Waals surface area contributed by atoms with Gasteiger partial charge < -0.3 is 4.74 Å². The number of nitrogens with one attached hydrogen (secondary N) is 1. The Morgan fingerprint density at radius 3 is 2.43 bits per heavy atom. The topological polar surface area (TPSA) is 50.7 Å². The molecule has 120 valence electrons. The van der Waals surface area contributed by atoms with E-state index in [1.165, 1.54) is 18.4 Å². The quantitative estimate of drug-likeness (QED) is 0.624. The summed E-state index contributed by atoms with van der Waals surface area (Å²) in [6.07, 6.45) is 5.14. The van der Waals surface area contributed by atoms with Crippen LogP contribution in [-0.4, -0.2) is 19.2 Å². The first-order chi connectivity index (χ1) is 11.2. The van der Waals surface area contributed by atoms with Gasteiger partial charge in [0.05, 0.1) is 13.3 Å². The number of hydrogen-bond acceptors (Lipinski definition) is 3. The minimum atomic E-state index is -0.247. The molecular formula is C19H22N2O2. The van der Waals surface area contributed by atoms with E-state index in [1.54, 1.807) is 37.6 Å². The minimum absolute atomic E-state index is 0.247. The first kappa shape index (κ1) is 16.7. The Hall–Kier alpha value is -2.62. The first-order valence-electron chi connectivity index (χ1n) is 7.79. The number of hydrogen-bond donors (Lipinski definition) is 1. The maximum atomic E-state index is 11.9. The summed E-state index contributed by atoms with van der Waals surface area (Å²) in [6.45, 7) is 2.19. The Morgan fingerprint density at radius 2 is 1.83 bits per heavy atom. The molecule has 0 aliphatic rings. The summed E-state index contributed by atoms with van der Waals surface area (Å²) in [5.74, 6) is 0.469. The highest BCUT2D eigenvalue weighted by atomic mass is 16.5. The normalized spacial score (nSPS) is 10.7. The zero-order valence-electron chi connectivity index (χ0n) is 13.6. The van der Waals surface area contributed by atoms with Gasteiger partial charge in [-0.2, -0.15) is 5.10 Å². The number of hydrazone groups is 1. The van der Waals surface area contributed by atoms with Gasteiger partial charge in [0.25, 0.3) is 5.91 Å². The Bertz CT molecular complexity index is 646. The number of methoxy groups -OCH3 is 1. The molecule has 23 heavy (non-hydrogen) atoms. The number of nitrogens with zero attached hydrogens (tertiary/aromatic N) is 1. The van der Waals surface area contributed by atoms with Crippen LogP contribution in [0.3, 0.4) is 0 Å². The number of amides is 1. The molecule has 4 nitrogen and oxygen atoms in total. The van der Waals surface area contributed by atoms with Gasteiger partial charge in [0.1, 0.15) is 5.75 Å². The number of rotatable bonds is 7. The fourth-order valence-electron chi connectivity index (χ4n) is 2.12. The van der Waals surface area contributed by atoms with Gasteiger partial charge in [-0.3, -0.25) is 4.79 Å². The van der Waals surface area contributed by atoms with Crippen LogP contribution in [0.5, 0.6) is 5.75 Å². The average Bonchev–Trinajstić information content (AvgIpc) is 2.61. The Balaban J connectivity index is 1.88. The molecule has 0 atom stereocenters. The smallest absolute Gasteiger partial charge is 0.271 e. The van der Waals surface area contributed by atoms with Crippen LogP contribution in [0, 0.1) is 0 Å². The molecular weight excluding hydrogens is 288 g/mol. The van der Waals surface area contributed by atoms with E-state index < -0.39 is 0 Å². The summed E-state index contributed by atoms with van der Waals surface area (Å²) in [4.78, 5) is 11.9. The molecule has 0 aliphatic carbocycles. The van der Waals surface area contributed by atoms with Gasteiger partial charge in [-0.1, -0.05) is 37.6 Å². The lowest BCUT2D eigenvalue weighted by atomic mass is 10.1. The molecule has 1 amide bonds. The van der Waals surface area contributed by atoms with Crippen LogP contribution in [-0.2, 0) is 6.42 Å². The van der Waals surface area contributed by atoms with E-state index in [-0.39, 0.29) is 5.91 Å². The molecule has 2 aromatic carbocycles. The molecule has 2 rings (SSSR count). The fraction of sp³-hybridized carbons (Fsp3) is 0.263. The van der Waals surface area contributed by atoms with Crippen molar-refractivity contribution in [2.24, 2.45) is 5.10 Å². The molecule has 4 heteroatoms. The van der Waals surface area contributed by atoms with E-state index in [2.05, 4.69) is 29.6 Å². The van der Waals surface area contributed by atoms with E-state index in [1.807, 2.05) is 12.1 Å². The van der Waals surface area contributed by atoms with Gasteiger partial charge in [-0.25, -0.2) is 5.43 Å². The Labute approximate surface area is 137 Å². The summed E-state index contributed by atoms with van der Waals surface area (Å²) in [7, 11) is 1.59. The van der Waals surface area contributed by atoms with Gasteiger partial charge >= 0.3 is 0 Å². The molecule has 0 unspecified atom stereocenters. The highest BCUT2D eigenvalue weighted by Crippen LogP contribution is 2.11. The van der Waals surface area contributed by atoms with Crippen molar-refractivity contribution in [1.82, 2.24) is 5.43 Å². The van der Waals surface area contributed by atoms with E-state index in [0.717, 1.165) is 12.0 Å². The third-order valence-electron chi connectivity index (χ3n) is 3.53. The van der Waals surface area contributed by atoms with Crippen molar-refractivity contribution in [3.05, 3.63) is 65.2 Å². The third kappa shape index (κ3) is 5.25. The molecule has 1 N–H and O–H groups in total. The van der Waals surface area contributed by atoms with Crippen molar-refractivity contribution in [2.45, 2.75) is 26.2 Å². The van der Waals surface area contributed by atoms with Crippen molar-refractivity contribution in [1.29, 1.82) is 0 Å². The van der Waals surface area contributed by atoms with Crippen LogP contribution in [0.25, 0.3) is 0 Å². The molecule has 0 radical (unpaired) electrons. The zero-order chi connectivity index (χ0) is 16.5. The third-order valence-corrected chi connectivity index (χ3v) is 3.53. The Kier molecular flexibility index (Phi) is 6.36. The second kappa shape index (κ2) is 8.73. The predicted octanol–water partition coefficient (Wildman–Crippen LogP) is 3.80. The van der Waals surface area contributed by atoms with Crippen molar-refractivity contribution >= 4 is 12.1 Å². The molecule has 0 aromatic heterocycles. The van der Waals surface area contributed by atoms with Crippen LogP contribution in [0.4, 0.5) is 0 Å². The number of benzene rings is 2. The number of carbonyl (C=O) groups excluding carboxylic acids is 1. The standard InChI is InChI=1S/C19H22N2O2/c1-3-4-5-15-6-8-16(9-7-15)14-20-21-19(22)17-10-12-18(23-2)13-11-17/h6-14H,3-5H2,1-2H3,(H,21,22). The molecule has 0 saturated heterocycles. The largest absolute Gasteiger partial charge is 0.497 e. The lowest BCUT2D eigenvalue weighted by Crippen LogP contribution is -2.17.